The van der Waals surface area contributed by atoms with Crippen LogP contribution < -0.4 is 9.64 Å². The number of rotatable bonds is 8. The normalized spacial score (nSPS) is 11.0. The minimum atomic E-state index is -2.72. The van der Waals surface area contributed by atoms with Crippen LogP contribution in [0.5, 0.6) is 5.88 Å². The van der Waals surface area contributed by atoms with E-state index in [1.807, 2.05) is 19.0 Å². The molecule has 0 atom stereocenters. The van der Waals surface area contributed by atoms with Gasteiger partial charge in [-0.05, 0) is 20.2 Å². The van der Waals surface area contributed by atoms with Crippen LogP contribution in [0.1, 0.15) is 0 Å². The predicted molar refractivity (Wildman–Crippen MR) is 74.2 cm³/mol. The third-order valence-electron chi connectivity index (χ3n) is 2.64. The van der Waals surface area contributed by atoms with E-state index in [1.165, 1.54) is 12.1 Å². The molecule has 0 aliphatic rings. The van der Waals surface area contributed by atoms with Crippen molar-refractivity contribution in [2.45, 2.75) is 6.43 Å². The molecule has 1 rings (SSSR count). The van der Waals surface area contributed by atoms with Crippen LogP contribution in [0.3, 0.4) is 0 Å². The second kappa shape index (κ2) is 7.67. The number of ether oxygens (including phenoxy) is 1. The first-order valence-electron chi connectivity index (χ1n) is 6.23. The lowest BCUT2D eigenvalue weighted by molar-refractivity contribution is -0.386. The number of likely N-dealkylation sites (N-methyl/N-ethyl adjacent to an activating group) is 2. The number of alkyl halides is 2. The summed E-state index contributed by atoms with van der Waals surface area (Å²) in [5.41, 5.74) is -0.430. The molecule has 0 spiro atoms. The first kappa shape index (κ1) is 17.0. The van der Waals surface area contributed by atoms with Gasteiger partial charge in [0, 0.05) is 26.2 Å². The van der Waals surface area contributed by atoms with Gasteiger partial charge in [-0.2, -0.15) is 4.98 Å². The van der Waals surface area contributed by atoms with E-state index in [-0.39, 0.29) is 0 Å². The Morgan fingerprint density at radius 1 is 1.33 bits per heavy atom. The standard InChI is InChI=1S/C12H18F2N4O3/c1-16(2)6-7-17(3)11-5-4-9(18(19)20)12(15-11)21-8-10(13)14/h4-5,10H,6-8H2,1-3H3. The second-order valence-electron chi connectivity index (χ2n) is 4.68. The molecule has 0 aliphatic heterocycles. The molecule has 0 aromatic carbocycles. The highest BCUT2D eigenvalue weighted by Crippen LogP contribution is 2.27. The van der Waals surface area contributed by atoms with Gasteiger partial charge in [-0.1, -0.05) is 0 Å². The fourth-order valence-electron chi connectivity index (χ4n) is 1.49. The lowest BCUT2D eigenvalue weighted by atomic mass is 10.3. The van der Waals surface area contributed by atoms with E-state index in [9.17, 15) is 18.9 Å². The Morgan fingerprint density at radius 3 is 2.52 bits per heavy atom. The number of nitro groups is 1. The van der Waals surface area contributed by atoms with Crippen molar-refractivity contribution < 1.29 is 18.4 Å². The summed E-state index contributed by atoms with van der Waals surface area (Å²) < 4.78 is 29.1. The van der Waals surface area contributed by atoms with Gasteiger partial charge in [-0.3, -0.25) is 10.1 Å². The summed E-state index contributed by atoms with van der Waals surface area (Å²) in [7, 11) is 5.58. The topological polar surface area (TPSA) is 71.7 Å². The number of anilines is 1. The molecule has 0 bridgehead atoms. The average molecular weight is 304 g/mol. The molecule has 0 saturated carbocycles. The summed E-state index contributed by atoms with van der Waals surface area (Å²) in [6, 6.07) is 2.67. The van der Waals surface area contributed by atoms with Crippen LogP contribution in [0.25, 0.3) is 0 Å². The molecule has 1 aromatic heterocycles. The summed E-state index contributed by atoms with van der Waals surface area (Å²) in [6.07, 6.45) is -2.72. The molecule has 118 valence electrons. The zero-order valence-electron chi connectivity index (χ0n) is 12.1. The quantitative estimate of drug-likeness (QED) is 0.537. The summed E-state index contributed by atoms with van der Waals surface area (Å²) in [4.78, 5) is 17.8. The molecule has 0 N–H and O–H groups in total. The Morgan fingerprint density at radius 2 is 2.00 bits per heavy atom. The third-order valence-corrected chi connectivity index (χ3v) is 2.64. The van der Waals surface area contributed by atoms with Crippen molar-refractivity contribution in [3.05, 3.63) is 22.2 Å². The fourth-order valence-corrected chi connectivity index (χ4v) is 1.49. The van der Waals surface area contributed by atoms with Gasteiger partial charge >= 0.3 is 5.69 Å². The van der Waals surface area contributed by atoms with E-state index < -0.39 is 29.5 Å². The van der Waals surface area contributed by atoms with Crippen molar-refractivity contribution >= 4 is 11.5 Å². The highest BCUT2D eigenvalue weighted by Gasteiger charge is 2.20. The fraction of sp³-hybridized carbons (Fsp3) is 0.583. The van der Waals surface area contributed by atoms with Gasteiger partial charge in [-0.25, -0.2) is 8.78 Å². The van der Waals surface area contributed by atoms with Crippen molar-refractivity contribution in [1.82, 2.24) is 9.88 Å². The maximum absolute atomic E-state index is 12.2. The molecule has 0 amide bonds. The first-order chi connectivity index (χ1) is 9.81. The largest absolute Gasteiger partial charge is 0.467 e. The molecule has 0 radical (unpaired) electrons. The molecule has 1 aromatic rings. The molecule has 7 nitrogen and oxygen atoms in total. The highest BCUT2D eigenvalue weighted by molar-refractivity contribution is 5.50. The summed E-state index contributed by atoms with van der Waals surface area (Å²) in [5, 5.41) is 10.8. The molecule has 0 saturated heterocycles. The maximum atomic E-state index is 12.2. The van der Waals surface area contributed by atoms with Gasteiger partial charge in [0.15, 0.2) is 6.61 Å². The lowest BCUT2D eigenvalue weighted by Crippen LogP contribution is -2.29. The van der Waals surface area contributed by atoms with Crippen LogP contribution in [-0.4, -0.2) is 62.1 Å². The van der Waals surface area contributed by atoms with E-state index in [2.05, 4.69) is 4.98 Å². The minimum Gasteiger partial charge on any atom is -0.467 e. The molecule has 0 fully saturated rings. The Bertz CT molecular complexity index is 486. The Balaban J connectivity index is 2.91. The van der Waals surface area contributed by atoms with Crippen molar-refractivity contribution in [3.63, 3.8) is 0 Å². The summed E-state index contributed by atoms with van der Waals surface area (Å²) in [6.45, 7) is 0.452. The van der Waals surface area contributed by atoms with Crippen molar-refractivity contribution in [2.75, 3.05) is 45.7 Å². The lowest BCUT2D eigenvalue weighted by Gasteiger charge is -2.20. The van der Waals surface area contributed by atoms with Gasteiger partial charge < -0.3 is 14.5 Å². The van der Waals surface area contributed by atoms with Gasteiger partial charge in [-0.15, -0.1) is 0 Å². The monoisotopic (exact) mass is 304 g/mol. The molecule has 1 heterocycles. The number of nitrogens with zero attached hydrogens (tertiary/aromatic N) is 4. The van der Waals surface area contributed by atoms with Crippen LogP contribution in [0.4, 0.5) is 20.3 Å². The van der Waals surface area contributed by atoms with Crippen LogP contribution in [0.2, 0.25) is 0 Å². The zero-order chi connectivity index (χ0) is 16.0. The summed E-state index contributed by atoms with van der Waals surface area (Å²) >= 11 is 0. The molecular formula is C12H18F2N4O3. The second-order valence-corrected chi connectivity index (χ2v) is 4.68. The van der Waals surface area contributed by atoms with Crippen LogP contribution in [0.15, 0.2) is 12.1 Å². The molecule has 9 heteroatoms. The van der Waals surface area contributed by atoms with Gasteiger partial charge in [0.25, 0.3) is 12.3 Å². The van der Waals surface area contributed by atoms with Crippen molar-refractivity contribution in [1.29, 1.82) is 0 Å². The van der Waals surface area contributed by atoms with Crippen LogP contribution in [-0.2, 0) is 0 Å². The third kappa shape index (κ3) is 5.46. The van der Waals surface area contributed by atoms with Gasteiger partial charge in [0.05, 0.1) is 4.92 Å². The summed E-state index contributed by atoms with van der Waals surface area (Å²) in [5.74, 6) is 0.0289. The number of hydrogen-bond acceptors (Lipinski definition) is 6. The highest BCUT2D eigenvalue weighted by atomic mass is 19.3. The van der Waals surface area contributed by atoms with E-state index in [1.54, 1.807) is 11.9 Å². The van der Waals surface area contributed by atoms with E-state index in [4.69, 9.17) is 4.74 Å². The molecular weight excluding hydrogens is 286 g/mol. The maximum Gasteiger partial charge on any atom is 0.331 e. The van der Waals surface area contributed by atoms with Gasteiger partial charge in [0.2, 0.25) is 0 Å². The number of pyridine rings is 1. The first-order valence-corrected chi connectivity index (χ1v) is 6.23. The Hall–Kier alpha value is -2.03. The van der Waals surface area contributed by atoms with Crippen LogP contribution in [0, 0.1) is 10.1 Å². The van der Waals surface area contributed by atoms with E-state index in [0.29, 0.717) is 12.4 Å². The Labute approximate surface area is 121 Å². The predicted octanol–water partition coefficient (Wildman–Crippen LogP) is 1.63. The molecule has 21 heavy (non-hydrogen) atoms. The van der Waals surface area contributed by atoms with E-state index >= 15 is 0 Å². The molecule has 0 unspecified atom stereocenters. The average Bonchev–Trinajstić information content (AvgIpc) is 2.41. The molecule has 0 aliphatic carbocycles. The number of hydrogen-bond donors (Lipinski definition) is 0. The van der Waals surface area contributed by atoms with Crippen molar-refractivity contribution in [2.24, 2.45) is 0 Å². The number of aromatic nitrogens is 1. The van der Waals surface area contributed by atoms with E-state index in [0.717, 1.165) is 6.54 Å². The zero-order valence-corrected chi connectivity index (χ0v) is 12.1. The van der Waals surface area contributed by atoms with Gasteiger partial charge in [0.1, 0.15) is 5.82 Å². The number of halogens is 2. The Kier molecular flexibility index (Phi) is 6.22. The van der Waals surface area contributed by atoms with Crippen LogP contribution >= 0.6 is 0 Å². The van der Waals surface area contributed by atoms with Crippen molar-refractivity contribution in [3.8, 4) is 5.88 Å². The SMILES string of the molecule is CN(C)CCN(C)c1ccc([N+](=O)[O-])c(OCC(F)F)n1. The minimum absolute atomic E-state index is 0.394. The smallest absolute Gasteiger partial charge is 0.331 e.